The summed E-state index contributed by atoms with van der Waals surface area (Å²) in [5, 5.41) is 5.48. The summed E-state index contributed by atoms with van der Waals surface area (Å²) in [5.41, 5.74) is 0.416. The minimum Gasteiger partial charge on any atom is -0.494 e. The van der Waals surface area contributed by atoms with Gasteiger partial charge in [-0.1, -0.05) is 27.2 Å². The molecule has 0 saturated carbocycles. The van der Waals surface area contributed by atoms with Crippen molar-refractivity contribution in [3.8, 4) is 5.75 Å². The number of esters is 1. The lowest BCUT2D eigenvalue weighted by Gasteiger charge is -2.36. The number of piperazine rings is 1. The molecule has 1 saturated heterocycles. The van der Waals surface area contributed by atoms with Gasteiger partial charge in [0.15, 0.2) is 5.11 Å². The molecular formula is C22H31N3O5S. The van der Waals surface area contributed by atoms with Gasteiger partial charge in [-0.3, -0.25) is 19.7 Å². The van der Waals surface area contributed by atoms with Gasteiger partial charge in [0.1, 0.15) is 11.8 Å². The Labute approximate surface area is 188 Å². The Morgan fingerprint density at radius 1 is 1.29 bits per heavy atom. The summed E-state index contributed by atoms with van der Waals surface area (Å²) in [6.07, 6.45) is 1.87. The monoisotopic (exact) mass is 449 g/mol. The largest absolute Gasteiger partial charge is 0.494 e. The number of hydrogen-bond acceptors (Lipinski definition) is 6. The molecule has 1 heterocycles. The Morgan fingerprint density at radius 2 is 2.00 bits per heavy atom. The minimum absolute atomic E-state index is 0.102. The summed E-state index contributed by atoms with van der Waals surface area (Å²) < 4.78 is 10.8. The van der Waals surface area contributed by atoms with Crippen molar-refractivity contribution in [1.82, 2.24) is 15.5 Å². The third-order valence-corrected chi connectivity index (χ3v) is 4.97. The molecular weight excluding hydrogens is 418 g/mol. The van der Waals surface area contributed by atoms with E-state index in [2.05, 4.69) is 17.6 Å². The molecule has 2 amide bonds. The topological polar surface area (TPSA) is 97.0 Å². The molecule has 2 rings (SSSR count). The summed E-state index contributed by atoms with van der Waals surface area (Å²) in [6, 6.07) is 5.95. The molecule has 0 aromatic heterocycles. The number of ether oxygens (including phenoxy) is 2. The van der Waals surface area contributed by atoms with Crippen LogP contribution in [0.5, 0.6) is 5.75 Å². The molecule has 170 valence electrons. The summed E-state index contributed by atoms with van der Waals surface area (Å²) in [5.74, 6) is -0.298. The third kappa shape index (κ3) is 7.82. The fraction of sp³-hybridized carbons (Fsp3) is 0.545. The second kappa shape index (κ2) is 12.2. The Bertz CT molecular complexity index is 782. The van der Waals surface area contributed by atoms with E-state index in [-0.39, 0.29) is 30.0 Å². The van der Waals surface area contributed by atoms with Crippen LogP contribution in [-0.4, -0.2) is 60.1 Å². The molecule has 1 fully saturated rings. The van der Waals surface area contributed by atoms with Crippen molar-refractivity contribution >= 4 is 35.1 Å². The van der Waals surface area contributed by atoms with Gasteiger partial charge < -0.3 is 19.7 Å². The molecule has 2 N–H and O–H groups in total. The number of carbonyl (C=O) groups excluding carboxylic acids is 3. The van der Waals surface area contributed by atoms with Crippen molar-refractivity contribution in [2.75, 3.05) is 26.3 Å². The Balaban J connectivity index is 1.96. The molecule has 0 bridgehead atoms. The lowest BCUT2D eigenvalue weighted by Crippen LogP contribution is -2.60. The van der Waals surface area contributed by atoms with Crippen LogP contribution < -0.4 is 15.4 Å². The first kappa shape index (κ1) is 24.6. The van der Waals surface area contributed by atoms with Crippen molar-refractivity contribution < 1.29 is 23.9 Å². The number of thiocarbonyl (C=S) groups is 1. The highest BCUT2D eigenvalue weighted by atomic mass is 32.1. The van der Waals surface area contributed by atoms with Crippen LogP contribution in [0.3, 0.4) is 0 Å². The number of unbranched alkanes of at least 4 members (excludes halogenated alkanes) is 1. The maximum atomic E-state index is 12.6. The van der Waals surface area contributed by atoms with Crippen LogP contribution in [0.1, 0.15) is 50.4 Å². The smallest absolute Gasteiger partial charge is 0.308 e. The maximum Gasteiger partial charge on any atom is 0.308 e. The van der Waals surface area contributed by atoms with E-state index in [1.807, 2.05) is 13.8 Å². The number of rotatable bonds is 9. The molecule has 31 heavy (non-hydrogen) atoms. The first-order valence-corrected chi connectivity index (χ1v) is 11.0. The molecule has 1 atom stereocenters. The van der Waals surface area contributed by atoms with Crippen molar-refractivity contribution in [3.63, 3.8) is 0 Å². The van der Waals surface area contributed by atoms with Crippen LogP contribution in [0.2, 0.25) is 0 Å². The highest BCUT2D eigenvalue weighted by molar-refractivity contribution is 7.80. The quantitative estimate of drug-likeness (QED) is 0.339. The second-order valence-electron chi connectivity index (χ2n) is 7.77. The van der Waals surface area contributed by atoms with Crippen molar-refractivity contribution in [2.45, 2.75) is 46.1 Å². The molecule has 9 heteroatoms. The van der Waals surface area contributed by atoms with Gasteiger partial charge >= 0.3 is 5.97 Å². The number of nitrogens with one attached hydrogen (secondary N) is 2. The summed E-state index contributed by atoms with van der Waals surface area (Å²) in [7, 11) is 0. The molecule has 1 aromatic carbocycles. The van der Waals surface area contributed by atoms with Gasteiger partial charge in [0.25, 0.3) is 5.91 Å². The normalized spacial score (nSPS) is 15.9. The molecule has 8 nitrogen and oxygen atoms in total. The van der Waals surface area contributed by atoms with Crippen LogP contribution in [0.4, 0.5) is 0 Å². The van der Waals surface area contributed by atoms with Gasteiger partial charge in [0.2, 0.25) is 5.91 Å². The molecule has 0 aliphatic carbocycles. The van der Waals surface area contributed by atoms with E-state index < -0.39 is 17.9 Å². The van der Waals surface area contributed by atoms with Crippen molar-refractivity contribution in [3.05, 3.63) is 29.8 Å². The van der Waals surface area contributed by atoms with E-state index in [4.69, 9.17) is 21.7 Å². The zero-order valence-corrected chi connectivity index (χ0v) is 19.1. The van der Waals surface area contributed by atoms with Crippen molar-refractivity contribution in [2.24, 2.45) is 5.92 Å². The van der Waals surface area contributed by atoms with E-state index in [0.29, 0.717) is 31.0 Å². The van der Waals surface area contributed by atoms with E-state index in [0.717, 1.165) is 12.8 Å². The zero-order chi connectivity index (χ0) is 22.8. The highest BCUT2D eigenvalue weighted by Crippen LogP contribution is 2.14. The minimum atomic E-state index is -0.824. The Morgan fingerprint density at radius 3 is 2.65 bits per heavy atom. The number of amides is 2. The van der Waals surface area contributed by atoms with Gasteiger partial charge in [-0.15, -0.1) is 0 Å². The van der Waals surface area contributed by atoms with Crippen molar-refractivity contribution in [1.29, 1.82) is 0 Å². The second-order valence-corrected chi connectivity index (χ2v) is 8.15. The molecule has 1 aliphatic heterocycles. The third-order valence-electron chi connectivity index (χ3n) is 4.63. The highest BCUT2D eigenvalue weighted by Gasteiger charge is 2.34. The number of carbonyl (C=O) groups is 3. The van der Waals surface area contributed by atoms with Crippen LogP contribution >= 0.6 is 12.2 Å². The van der Waals surface area contributed by atoms with Gasteiger partial charge in [-0.25, -0.2) is 0 Å². The van der Waals surface area contributed by atoms with E-state index >= 15 is 0 Å². The van der Waals surface area contributed by atoms with Crippen LogP contribution in [-0.2, 0) is 14.3 Å². The predicted molar refractivity (Wildman–Crippen MR) is 121 cm³/mol. The Kier molecular flexibility index (Phi) is 9.71. The fourth-order valence-electron chi connectivity index (χ4n) is 2.92. The van der Waals surface area contributed by atoms with Gasteiger partial charge in [0, 0.05) is 18.7 Å². The predicted octanol–water partition coefficient (Wildman–Crippen LogP) is 2.27. The van der Waals surface area contributed by atoms with Gasteiger partial charge in [0.05, 0.1) is 19.6 Å². The zero-order valence-electron chi connectivity index (χ0n) is 18.3. The molecule has 1 aliphatic rings. The van der Waals surface area contributed by atoms with Crippen LogP contribution in [0, 0.1) is 5.92 Å². The molecule has 1 unspecified atom stereocenters. The summed E-state index contributed by atoms with van der Waals surface area (Å²) in [6.45, 7) is 7.62. The number of benzene rings is 1. The SMILES string of the molecule is CCCCOc1ccc(C(=O)NC(=S)N2CCNC(=O)C2CC(=O)OCC(C)C)cc1. The van der Waals surface area contributed by atoms with Gasteiger partial charge in [-0.2, -0.15) is 0 Å². The summed E-state index contributed by atoms with van der Waals surface area (Å²) >= 11 is 5.37. The molecule has 0 radical (unpaired) electrons. The van der Waals surface area contributed by atoms with E-state index in [1.54, 1.807) is 29.2 Å². The lowest BCUT2D eigenvalue weighted by molar-refractivity contribution is -0.148. The standard InChI is InChI=1S/C22H31N3O5S/c1-4-5-12-29-17-8-6-16(7-9-17)20(27)24-22(31)25-11-10-23-21(28)18(25)13-19(26)30-14-15(2)3/h6-9,15,18H,4-5,10-14H2,1-3H3,(H,23,28)(H,24,27,31). The lowest BCUT2D eigenvalue weighted by atomic mass is 10.1. The Hall–Kier alpha value is -2.68. The average Bonchev–Trinajstić information content (AvgIpc) is 2.74. The molecule has 0 spiro atoms. The number of nitrogens with zero attached hydrogens (tertiary/aromatic N) is 1. The summed E-state index contributed by atoms with van der Waals surface area (Å²) in [4.78, 5) is 38.6. The number of hydrogen-bond donors (Lipinski definition) is 2. The van der Waals surface area contributed by atoms with Crippen LogP contribution in [0.15, 0.2) is 24.3 Å². The van der Waals surface area contributed by atoms with E-state index in [1.165, 1.54) is 0 Å². The fourth-order valence-corrected chi connectivity index (χ4v) is 3.23. The maximum absolute atomic E-state index is 12.6. The van der Waals surface area contributed by atoms with Crippen LogP contribution in [0.25, 0.3) is 0 Å². The first-order valence-electron chi connectivity index (χ1n) is 10.6. The molecule has 1 aromatic rings. The van der Waals surface area contributed by atoms with Gasteiger partial charge in [-0.05, 0) is 48.8 Å². The first-order chi connectivity index (χ1) is 14.8. The average molecular weight is 450 g/mol. The van der Waals surface area contributed by atoms with E-state index in [9.17, 15) is 14.4 Å².